The number of hydrogen-bond donors (Lipinski definition) is 1. The van der Waals surface area contributed by atoms with Crippen LogP contribution in [0.2, 0.25) is 5.02 Å². The molecule has 1 aromatic rings. The van der Waals surface area contributed by atoms with Gasteiger partial charge in [0.05, 0.1) is 0 Å². The highest BCUT2D eigenvalue weighted by atomic mass is 35.5. The van der Waals surface area contributed by atoms with Crippen molar-refractivity contribution in [3.63, 3.8) is 0 Å². The van der Waals surface area contributed by atoms with Gasteiger partial charge in [-0.1, -0.05) is 17.7 Å². The van der Waals surface area contributed by atoms with Crippen LogP contribution in [0, 0.1) is 6.92 Å². The Morgan fingerprint density at radius 2 is 2.17 bits per heavy atom. The maximum absolute atomic E-state index is 5.92. The van der Waals surface area contributed by atoms with Crippen LogP contribution in [-0.4, -0.2) is 12.4 Å². The Hall–Kier alpha value is -0.400. The van der Waals surface area contributed by atoms with E-state index in [1.54, 1.807) is 0 Å². The molecule has 0 heterocycles. The third-order valence-electron chi connectivity index (χ3n) is 1.68. The summed E-state index contributed by atoms with van der Waals surface area (Å²) in [6, 6.07) is 5.79. The zero-order valence-electron chi connectivity index (χ0n) is 6.90. The van der Waals surface area contributed by atoms with Gasteiger partial charge in [-0.25, -0.2) is 0 Å². The molecule has 12 heavy (non-hydrogen) atoms. The largest absolute Gasteiger partial charge is 0.384 e. The number of benzene rings is 1. The van der Waals surface area contributed by atoms with E-state index >= 15 is 0 Å². The van der Waals surface area contributed by atoms with Gasteiger partial charge < -0.3 is 5.32 Å². The molecule has 0 bridgehead atoms. The fourth-order valence-electron chi connectivity index (χ4n) is 0.981. The van der Waals surface area contributed by atoms with Crippen molar-refractivity contribution < 1.29 is 0 Å². The Morgan fingerprint density at radius 1 is 1.42 bits per heavy atom. The number of nitrogens with one attached hydrogen (secondary N) is 1. The summed E-state index contributed by atoms with van der Waals surface area (Å²) in [5, 5.41) is 3.97. The topological polar surface area (TPSA) is 12.0 Å². The van der Waals surface area contributed by atoms with Crippen LogP contribution in [0.4, 0.5) is 5.69 Å². The number of halogens is 2. The van der Waals surface area contributed by atoms with Crippen molar-refractivity contribution in [2.45, 2.75) is 6.92 Å². The monoisotopic (exact) mass is 203 g/mol. The molecule has 0 amide bonds. The molecule has 1 nitrogen and oxygen atoms in total. The van der Waals surface area contributed by atoms with Gasteiger partial charge in [-0.15, -0.1) is 11.6 Å². The smallest absolute Gasteiger partial charge is 0.0455 e. The van der Waals surface area contributed by atoms with Gasteiger partial charge in [-0.3, -0.25) is 0 Å². The molecular formula is C9H11Cl2N. The van der Waals surface area contributed by atoms with E-state index in [0.29, 0.717) is 5.88 Å². The molecule has 1 rings (SSSR count). The first-order valence-electron chi connectivity index (χ1n) is 3.80. The summed E-state index contributed by atoms with van der Waals surface area (Å²) >= 11 is 11.5. The summed E-state index contributed by atoms with van der Waals surface area (Å²) in [7, 11) is 0. The van der Waals surface area contributed by atoms with Gasteiger partial charge >= 0.3 is 0 Å². The van der Waals surface area contributed by atoms with Gasteiger partial charge in [0.25, 0.3) is 0 Å². The zero-order valence-corrected chi connectivity index (χ0v) is 8.41. The average molecular weight is 204 g/mol. The summed E-state index contributed by atoms with van der Waals surface area (Å²) in [4.78, 5) is 0. The Kier molecular flexibility index (Phi) is 3.70. The first-order valence-corrected chi connectivity index (χ1v) is 4.72. The molecule has 0 fully saturated rings. The van der Waals surface area contributed by atoms with E-state index in [9.17, 15) is 0 Å². The molecule has 0 aliphatic heterocycles. The van der Waals surface area contributed by atoms with Gasteiger partial charge in [0.2, 0.25) is 0 Å². The van der Waals surface area contributed by atoms with E-state index in [0.717, 1.165) is 22.8 Å². The van der Waals surface area contributed by atoms with Crippen molar-refractivity contribution in [1.82, 2.24) is 0 Å². The third kappa shape index (κ3) is 2.29. The third-order valence-corrected chi connectivity index (χ3v) is 2.28. The lowest BCUT2D eigenvalue weighted by Crippen LogP contribution is -2.03. The molecule has 0 saturated heterocycles. The molecule has 0 atom stereocenters. The van der Waals surface area contributed by atoms with Crippen LogP contribution in [0.25, 0.3) is 0 Å². The van der Waals surface area contributed by atoms with Crippen molar-refractivity contribution in [2.24, 2.45) is 0 Å². The molecule has 66 valence electrons. The molecule has 0 unspecified atom stereocenters. The molecule has 0 spiro atoms. The second-order valence-electron chi connectivity index (χ2n) is 2.53. The fraction of sp³-hybridized carbons (Fsp3) is 0.333. The number of anilines is 1. The normalized spacial score (nSPS) is 9.92. The molecule has 0 aliphatic carbocycles. The average Bonchev–Trinajstić information content (AvgIpc) is 2.08. The molecule has 1 N–H and O–H groups in total. The molecular weight excluding hydrogens is 193 g/mol. The lowest BCUT2D eigenvalue weighted by atomic mass is 10.2. The quantitative estimate of drug-likeness (QED) is 0.745. The second-order valence-corrected chi connectivity index (χ2v) is 3.31. The summed E-state index contributed by atoms with van der Waals surface area (Å²) in [5.41, 5.74) is 2.13. The predicted molar refractivity (Wildman–Crippen MR) is 55.4 cm³/mol. The van der Waals surface area contributed by atoms with Crippen LogP contribution in [0.1, 0.15) is 5.56 Å². The Balaban J connectivity index is 2.78. The van der Waals surface area contributed by atoms with E-state index in [-0.39, 0.29) is 0 Å². The highest BCUT2D eigenvalue weighted by Crippen LogP contribution is 2.22. The summed E-state index contributed by atoms with van der Waals surface area (Å²) in [6.07, 6.45) is 0. The predicted octanol–water partition coefficient (Wildman–Crippen LogP) is 3.30. The van der Waals surface area contributed by atoms with Crippen molar-refractivity contribution in [3.05, 3.63) is 28.8 Å². The van der Waals surface area contributed by atoms with E-state index in [1.165, 1.54) is 0 Å². The van der Waals surface area contributed by atoms with Gasteiger partial charge in [0, 0.05) is 23.1 Å². The van der Waals surface area contributed by atoms with Crippen LogP contribution in [0.15, 0.2) is 18.2 Å². The van der Waals surface area contributed by atoms with E-state index < -0.39 is 0 Å². The van der Waals surface area contributed by atoms with Crippen molar-refractivity contribution in [3.8, 4) is 0 Å². The van der Waals surface area contributed by atoms with Crippen LogP contribution >= 0.6 is 23.2 Å². The highest BCUT2D eigenvalue weighted by molar-refractivity contribution is 6.31. The second kappa shape index (κ2) is 4.58. The van der Waals surface area contributed by atoms with Crippen LogP contribution in [0.3, 0.4) is 0 Å². The van der Waals surface area contributed by atoms with Gasteiger partial charge in [0.15, 0.2) is 0 Å². The van der Waals surface area contributed by atoms with Gasteiger partial charge in [-0.2, -0.15) is 0 Å². The van der Waals surface area contributed by atoms with Gasteiger partial charge in [-0.05, 0) is 24.6 Å². The number of hydrogen-bond acceptors (Lipinski definition) is 1. The highest BCUT2D eigenvalue weighted by Gasteiger charge is 1.99. The molecule has 0 aliphatic rings. The molecule has 0 radical (unpaired) electrons. The zero-order chi connectivity index (χ0) is 8.97. The summed E-state index contributed by atoms with van der Waals surface area (Å²) < 4.78 is 0. The maximum Gasteiger partial charge on any atom is 0.0455 e. The summed E-state index contributed by atoms with van der Waals surface area (Å²) in [6.45, 7) is 2.75. The minimum atomic E-state index is 0.603. The van der Waals surface area contributed by atoms with Crippen molar-refractivity contribution in [1.29, 1.82) is 0 Å². The maximum atomic E-state index is 5.92. The van der Waals surface area contributed by atoms with Crippen LogP contribution in [-0.2, 0) is 0 Å². The Morgan fingerprint density at radius 3 is 2.83 bits per heavy atom. The Bertz CT molecular complexity index is 261. The van der Waals surface area contributed by atoms with Gasteiger partial charge in [0.1, 0.15) is 0 Å². The van der Waals surface area contributed by atoms with E-state index in [4.69, 9.17) is 23.2 Å². The standard InChI is InChI=1S/C9H11Cl2N/c1-7-8(11)3-2-4-9(7)12-6-5-10/h2-4,12H,5-6H2,1H3. The molecule has 0 saturated carbocycles. The number of rotatable bonds is 3. The van der Waals surface area contributed by atoms with Crippen LogP contribution in [0.5, 0.6) is 0 Å². The lowest BCUT2D eigenvalue weighted by molar-refractivity contribution is 1.21. The molecule has 3 heteroatoms. The van der Waals surface area contributed by atoms with E-state index in [1.807, 2.05) is 25.1 Å². The van der Waals surface area contributed by atoms with Crippen molar-refractivity contribution in [2.75, 3.05) is 17.7 Å². The molecule has 1 aromatic carbocycles. The minimum absolute atomic E-state index is 0.603. The lowest BCUT2D eigenvalue weighted by Gasteiger charge is -2.08. The van der Waals surface area contributed by atoms with Crippen molar-refractivity contribution >= 4 is 28.9 Å². The number of alkyl halides is 1. The molecule has 0 aromatic heterocycles. The first-order chi connectivity index (χ1) is 5.75. The minimum Gasteiger partial charge on any atom is -0.384 e. The SMILES string of the molecule is Cc1c(Cl)cccc1NCCCl. The Labute approximate surface area is 82.7 Å². The van der Waals surface area contributed by atoms with E-state index in [2.05, 4.69) is 5.32 Å². The summed E-state index contributed by atoms with van der Waals surface area (Å²) in [5.74, 6) is 0.603. The fourth-order valence-corrected chi connectivity index (χ4v) is 1.25. The van der Waals surface area contributed by atoms with Crippen LogP contribution < -0.4 is 5.32 Å². The first kappa shape index (κ1) is 9.69.